The average Bonchev–Trinajstić information content (AvgIpc) is 3.20. The van der Waals surface area contributed by atoms with Gasteiger partial charge in [-0.3, -0.25) is 0 Å². The van der Waals surface area contributed by atoms with E-state index in [2.05, 4.69) is 4.98 Å². The first-order valence-corrected chi connectivity index (χ1v) is 11.7. The maximum Gasteiger partial charge on any atom is 0.416 e. The first-order valence-electron chi connectivity index (χ1n) is 10.9. The predicted molar refractivity (Wildman–Crippen MR) is 126 cm³/mol. The van der Waals surface area contributed by atoms with E-state index in [1.807, 2.05) is 13.8 Å². The lowest BCUT2D eigenvalue weighted by Crippen LogP contribution is -2.26. The van der Waals surface area contributed by atoms with Gasteiger partial charge >= 0.3 is 12.1 Å². The third-order valence-corrected chi connectivity index (χ3v) is 6.65. The van der Waals surface area contributed by atoms with Gasteiger partial charge in [-0.1, -0.05) is 18.2 Å². The topological polar surface area (TPSA) is 77.9 Å². The predicted octanol–water partition coefficient (Wildman–Crippen LogP) is 6.32. The molecule has 2 aromatic carbocycles. The molecule has 3 aromatic rings. The van der Waals surface area contributed by atoms with Crippen LogP contribution in [0.3, 0.4) is 0 Å². The summed E-state index contributed by atoms with van der Waals surface area (Å²) in [4.78, 5) is 16.8. The van der Waals surface area contributed by atoms with Gasteiger partial charge < -0.3 is 19.3 Å². The quantitative estimate of drug-likeness (QED) is 0.345. The van der Waals surface area contributed by atoms with Gasteiger partial charge in [0, 0.05) is 24.7 Å². The van der Waals surface area contributed by atoms with Crippen molar-refractivity contribution in [3.8, 4) is 22.1 Å². The fourth-order valence-electron chi connectivity index (χ4n) is 3.55. The van der Waals surface area contributed by atoms with Crippen LogP contribution in [0.4, 0.5) is 13.2 Å². The number of ether oxygens (including phenoxy) is 3. The Hall–Kier alpha value is -3.11. The van der Waals surface area contributed by atoms with Crippen LogP contribution >= 0.6 is 11.3 Å². The Labute approximate surface area is 205 Å². The molecule has 2 atom stereocenters. The SMILES string of the molecule is CCO[C@@H](Cc1ccc(OC(C)c2sc(-c3ccc(C(F)(F)F)cc3)nc2C)cc1OC)C(=O)O. The van der Waals surface area contributed by atoms with Gasteiger partial charge in [0.25, 0.3) is 0 Å². The largest absolute Gasteiger partial charge is 0.496 e. The summed E-state index contributed by atoms with van der Waals surface area (Å²) in [6, 6.07) is 10.1. The highest BCUT2D eigenvalue weighted by Gasteiger charge is 2.30. The van der Waals surface area contributed by atoms with E-state index < -0.39 is 23.8 Å². The van der Waals surface area contributed by atoms with E-state index in [1.165, 1.54) is 30.6 Å². The third-order valence-electron chi connectivity index (χ3n) is 5.28. The van der Waals surface area contributed by atoms with E-state index in [4.69, 9.17) is 14.2 Å². The normalized spacial score (nSPS) is 13.3. The minimum absolute atomic E-state index is 0.145. The second kappa shape index (κ2) is 11.1. The van der Waals surface area contributed by atoms with E-state index >= 15 is 0 Å². The zero-order valence-corrected chi connectivity index (χ0v) is 20.5. The molecular formula is C25H26F3NO5S. The van der Waals surface area contributed by atoms with Crippen LogP contribution in [0.15, 0.2) is 42.5 Å². The van der Waals surface area contributed by atoms with Gasteiger partial charge in [0.05, 0.1) is 23.2 Å². The van der Waals surface area contributed by atoms with Crippen LogP contribution in [0.25, 0.3) is 10.6 Å². The molecule has 1 aromatic heterocycles. The fraction of sp³-hybridized carbons (Fsp3) is 0.360. The van der Waals surface area contributed by atoms with Crippen molar-refractivity contribution in [1.82, 2.24) is 4.98 Å². The molecule has 10 heteroatoms. The van der Waals surface area contributed by atoms with Crippen molar-refractivity contribution < 1.29 is 37.3 Å². The molecule has 0 spiro atoms. The van der Waals surface area contributed by atoms with E-state index in [0.717, 1.165) is 22.7 Å². The number of carboxylic acid groups (broad SMARTS) is 1. The Balaban J connectivity index is 1.77. The molecule has 0 aliphatic rings. The number of hydrogen-bond acceptors (Lipinski definition) is 6. The summed E-state index contributed by atoms with van der Waals surface area (Å²) in [5.41, 5.74) is 1.28. The van der Waals surface area contributed by atoms with Crippen LogP contribution < -0.4 is 9.47 Å². The molecular weight excluding hydrogens is 483 g/mol. The molecule has 0 saturated heterocycles. The second-order valence-corrected chi connectivity index (χ2v) is 8.79. The van der Waals surface area contributed by atoms with Crippen molar-refractivity contribution in [3.05, 3.63) is 64.2 Å². The van der Waals surface area contributed by atoms with Gasteiger partial charge in [-0.05, 0) is 44.5 Å². The number of carboxylic acids is 1. The zero-order chi connectivity index (χ0) is 25.8. The summed E-state index contributed by atoms with van der Waals surface area (Å²) in [6.07, 6.45) is -5.62. The molecule has 3 rings (SSSR count). The van der Waals surface area contributed by atoms with Crippen LogP contribution in [-0.4, -0.2) is 35.9 Å². The highest BCUT2D eigenvalue weighted by Crippen LogP contribution is 2.37. The number of rotatable bonds is 10. The zero-order valence-electron chi connectivity index (χ0n) is 19.7. The summed E-state index contributed by atoms with van der Waals surface area (Å²) in [6.45, 7) is 5.69. The minimum Gasteiger partial charge on any atom is -0.496 e. The molecule has 35 heavy (non-hydrogen) atoms. The molecule has 0 aliphatic heterocycles. The number of nitrogens with zero attached hydrogens (tertiary/aromatic N) is 1. The number of aromatic nitrogens is 1. The molecule has 0 saturated carbocycles. The first kappa shape index (κ1) is 26.5. The summed E-state index contributed by atoms with van der Waals surface area (Å²) in [5.74, 6) is -0.0511. The molecule has 0 radical (unpaired) electrons. The van der Waals surface area contributed by atoms with Gasteiger partial charge in [-0.15, -0.1) is 11.3 Å². The number of benzene rings is 2. The maximum atomic E-state index is 12.8. The van der Waals surface area contributed by atoms with Crippen molar-refractivity contribution in [1.29, 1.82) is 0 Å². The van der Waals surface area contributed by atoms with E-state index in [-0.39, 0.29) is 19.1 Å². The van der Waals surface area contributed by atoms with Crippen molar-refractivity contribution in [2.45, 2.75) is 45.6 Å². The van der Waals surface area contributed by atoms with Gasteiger partial charge in [-0.2, -0.15) is 13.2 Å². The summed E-state index contributed by atoms with van der Waals surface area (Å²) in [7, 11) is 1.49. The Morgan fingerprint density at radius 3 is 2.43 bits per heavy atom. The smallest absolute Gasteiger partial charge is 0.416 e. The molecule has 1 unspecified atom stereocenters. The Kier molecular flexibility index (Phi) is 8.39. The standard InChI is InChI=1S/C25H26F3NO5S/c1-5-33-21(24(30)31)12-17-8-11-19(13-20(17)32-4)34-15(3)22-14(2)29-23(35-22)16-6-9-18(10-7-16)25(26,27)28/h6-11,13,15,21H,5,12H2,1-4H3,(H,30,31)/t15?,21-/m0/s1. The summed E-state index contributed by atoms with van der Waals surface area (Å²) in [5, 5.41) is 9.95. The third kappa shape index (κ3) is 6.52. The number of alkyl halides is 3. The molecule has 0 aliphatic carbocycles. The van der Waals surface area contributed by atoms with Gasteiger partial charge in [0.15, 0.2) is 6.10 Å². The van der Waals surface area contributed by atoms with Crippen molar-refractivity contribution in [3.63, 3.8) is 0 Å². The van der Waals surface area contributed by atoms with Crippen LogP contribution in [0.1, 0.15) is 41.6 Å². The fourth-order valence-corrected chi connectivity index (χ4v) is 4.61. The van der Waals surface area contributed by atoms with Crippen molar-refractivity contribution in [2.24, 2.45) is 0 Å². The second-order valence-electron chi connectivity index (χ2n) is 7.76. The lowest BCUT2D eigenvalue weighted by Gasteiger charge is -2.18. The Bertz CT molecular complexity index is 1160. The highest BCUT2D eigenvalue weighted by molar-refractivity contribution is 7.15. The van der Waals surface area contributed by atoms with Gasteiger partial charge in [0.1, 0.15) is 22.6 Å². The number of aryl methyl sites for hydroxylation is 1. The van der Waals surface area contributed by atoms with Crippen molar-refractivity contribution in [2.75, 3.05) is 13.7 Å². The van der Waals surface area contributed by atoms with E-state index in [1.54, 1.807) is 25.1 Å². The van der Waals surface area contributed by atoms with E-state index in [0.29, 0.717) is 27.6 Å². The Morgan fingerprint density at radius 2 is 1.86 bits per heavy atom. The highest BCUT2D eigenvalue weighted by atomic mass is 32.1. The first-order chi connectivity index (χ1) is 16.5. The molecule has 1 N–H and O–H groups in total. The van der Waals surface area contributed by atoms with E-state index in [9.17, 15) is 23.1 Å². The van der Waals surface area contributed by atoms with Crippen LogP contribution in [0.5, 0.6) is 11.5 Å². The van der Waals surface area contributed by atoms with Crippen LogP contribution in [-0.2, 0) is 22.1 Å². The number of halogens is 3. The van der Waals surface area contributed by atoms with Crippen LogP contribution in [0, 0.1) is 6.92 Å². The lowest BCUT2D eigenvalue weighted by atomic mass is 10.1. The molecule has 188 valence electrons. The molecule has 0 bridgehead atoms. The molecule has 0 amide bonds. The number of methoxy groups -OCH3 is 1. The van der Waals surface area contributed by atoms with Crippen LogP contribution in [0.2, 0.25) is 0 Å². The maximum absolute atomic E-state index is 12.8. The lowest BCUT2D eigenvalue weighted by molar-refractivity contribution is -0.150. The number of aliphatic carboxylic acids is 1. The molecule has 6 nitrogen and oxygen atoms in total. The molecule has 1 heterocycles. The number of carbonyl (C=O) groups is 1. The Morgan fingerprint density at radius 1 is 1.17 bits per heavy atom. The number of hydrogen-bond donors (Lipinski definition) is 1. The summed E-state index contributed by atoms with van der Waals surface area (Å²) >= 11 is 1.35. The monoisotopic (exact) mass is 509 g/mol. The average molecular weight is 510 g/mol. The number of thiazole rings is 1. The van der Waals surface area contributed by atoms with Gasteiger partial charge in [0.2, 0.25) is 0 Å². The van der Waals surface area contributed by atoms with Gasteiger partial charge in [-0.25, -0.2) is 9.78 Å². The summed E-state index contributed by atoms with van der Waals surface area (Å²) < 4.78 is 55.3. The van der Waals surface area contributed by atoms with Crippen molar-refractivity contribution >= 4 is 17.3 Å². The minimum atomic E-state index is -4.39. The molecule has 0 fully saturated rings.